The summed E-state index contributed by atoms with van der Waals surface area (Å²) in [5, 5.41) is 0. The number of halogens is 2. The van der Waals surface area contributed by atoms with Crippen LogP contribution in [-0.4, -0.2) is 9.57 Å². The molecule has 1 rings (SSSR count). The molecule has 1 unspecified atom stereocenters. The van der Waals surface area contributed by atoms with E-state index in [-0.39, 0.29) is 5.78 Å². The van der Waals surface area contributed by atoms with E-state index >= 15 is 0 Å². The summed E-state index contributed by atoms with van der Waals surface area (Å²) in [6.07, 6.45) is 3.46. The van der Waals surface area contributed by atoms with Gasteiger partial charge in [-0.25, -0.2) is 0 Å². The van der Waals surface area contributed by atoms with Crippen LogP contribution in [0.2, 0.25) is 0 Å². The number of Topliss-reactive ketones (excluding diaryl/α,β-unsaturated/α-hetero) is 1. The largest absolute Gasteiger partial charge is 0.297 e. The number of ketones is 1. The Balaban J connectivity index is 2.60. The SMILES string of the molecule is O=C1CCCCC1(Cl)Br. The zero-order valence-electron chi connectivity index (χ0n) is 4.99. The maximum Gasteiger partial charge on any atom is 0.164 e. The third kappa shape index (κ3) is 1.68. The standard InChI is InChI=1S/C6H8BrClO/c7-6(8)4-2-1-3-5(6)9/h1-4H2. The maximum absolute atomic E-state index is 10.9. The summed E-state index contributed by atoms with van der Waals surface area (Å²) in [5.74, 6) is 0.135. The molecule has 1 fully saturated rings. The monoisotopic (exact) mass is 210 g/mol. The van der Waals surface area contributed by atoms with Crippen LogP contribution in [0.25, 0.3) is 0 Å². The average molecular weight is 211 g/mol. The molecule has 0 aromatic heterocycles. The van der Waals surface area contributed by atoms with Crippen molar-refractivity contribution in [3.63, 3.8) is 0 Å². The predicted octanol–water partition coefficient (Wildman–Crippen LogP) is 2.46. The first-order valence-corrected chi connectivity index (χ1v) is 4.21. The smallest absolute Gasteiger partial charge is 0.164 e. The summed E-state index contributed by atoms with van der Waals surface area (Å²) in [7, 11) is 0. The van der Waals surface area contributed by atoms with Crippen LogP contribution < -0.4 is 0 Å². The second kappa shape index (κ2) is 2.59. The van der Waals surface area contributed by atoms with Crippen molar-refractivity contribution < 1.29 is 4.79 Å². The van der Waals surface area contributed by atoms with Gasteiger partial charge in [-0.05, 0) is 19.3 Å². The molecule has 1 nitrogen and oxygen atoms in total. The molecule has 1 aliphatic carbocycles. The van der Waals surface area contributed by atoms with Gasteiger partial charge in [0.2, 0.25) is 0 Å². The van der Waals surface area contributed by atoms with Crippen molar-refractivity contribution in [2.75, 3.05) is 0 Å². The van der Waals surface area contributed by atoms with Crippen molar-refractivity contribution in [3.8, 4) is 0 Å². The van der Waals surface area contributed by atoms with Crippen molar-refractivity contribution in [2.24, 2.45) is 0 Å². The van der Waals surface area contributed by atoms with E-state index in [1.54, 1.807) is 0 Å². The van der Waals surface area contributed by atoms with Gasteiger partial charge in [0.05, 0.1) is 0 Å². The molecule has 0 heterocycles. The molecule has 1 atom stereocenters. The Kier molecular flexibility index (Phi) is 2.17. The topological polar surface area (TPSA) is 17.1 Å². The number of hydrogen-bond donors (Lipinski definition) is 0. The van der Waals surface area contributed by atoms with Crippen LogP contribution in [-0.2, 0) is 4.79 Å². The van der Waals surface area contributed by atoms with Gasteiger partial charge in [-0.2, -0.15) is 0 Å². The van der Waals surface area contributed by atoms with Crippen molar-refractivity contribution >= 4 is 33.3 Å². The molecule has 0 aliphatic heterocycles. The molecule has 0 amide bonds. The first kappa shape index (κ1) is 7.55. The molecular formula is C6H8BrClO. The summed E-state index contributed by atoms with van der Waals surface area (Å²) < 4.78 is -0.717. The van der Waals surface area contributed by atoms with Gasteiger partial charge in [0.25, 0.3) is 0 Å². The van der Waals surface area contributed by atoms with E-state index < -0.39 is 3.78 Å². The highest BCUT2D eigenvalue weighted by molar-refractivity contribution is 9.10. The number of alkyl halides is 2. The lowest BCUT2D eigenvalue weighted by atomic mass is 9.99. The lowest BCUT2D eigenvalue weighted by Crippen LogP contribution is -2.28. The Labute approximate surface area is 67.9 Å². The van der Waals surface area contributed by atoms with Gasteiger partial charge in [-0.3, -0.25) is 4.79 Å². The van der Waals surface area contributed by atoms with Crippen molar-refractivity contribution in [1.29, 1.82) is 0 Å². The highest BCUT2D eigenvalue weighted by Gasteiger charge is 2.34. The first-order valence-electron chi connectivity index (χ1n) is 3.04. The van der Waals surface area contributed by atoms with Gasteiger partial charge in [-0.15, -0.1) is 0 Å². The Hall–Kier alpha value is 0.440. The lowest BCUT2D eigenvalue weighted by Gasteiger charge is -2.22. The van der Waals surface area contributed by atoms with Crippen LogP contribution >= 0.6 is 27.5 Å². The van der Waals surface area contributed by atoms with Gasteiger partial charge < -0.3 is 0 Å². The highest BCUT2D eigenvalue weighted by atomic mass is 79.9. The van der Waals surface area contributed by atoms with Gasteiger partial charge in [0, 0.05) is 6.42 Å². The zero-order chi connectivity index (χ0) is 6.91. The third-order valence-electron chi connectivity index (χ3n) is 1.55. The Bertz CT molecular complexity index is 133. The Morgan fingerprint density at radius 1 is 1.56 bits per heavy atom. The average Bonchev–Trinajstić information content (AvgIpc) is 1.77. The number of carbonyl (C=O) groups excluding carboxylic acids is 1. The molecule has 9 heavy (non-hydrogen) atoms. The molecule has 1 saturated carbocycles. The van der Waals surface area contributed by atoms with Gasteiger partial charge in [-0.1, -0.05) is 27.5 Å². The van der Waals surface area contributed by atoms with E-state index in [1.165, 1.54) is 0 Å². The number of hydrogen-bond acceptors (Lipinski definition) is 1. The molecule has 52 valence electrons. The lowest BCUT2D eigenvalue weighted by molar-refractivity contribution is -0.120. The van der Waals surface area contributed by atoms with Crippen molar-refractivity contribution in [3.05, 3.63) is 0 Å². The summed E-state index contributed by atoms with van der Waals surface area (Å²) in [6.45, 7) is 0. The summed E-state index contributed by atoms with van der Waals surface area (Å²) in [5.41, 5.74) is 0. The predicted molar refractivity (Wildman–Crippen MR) is 41.0 cm³/mol. The molecule has 3 heteroatoms. The van der Waals surface area contributed by atoms with Crippen LogP contribution in [0.4, 0.5) is 0 Å². The molecular weight excluding hydrogens is 203 g/mol. The molecule has 0 spiro atoms. The molecule has 0 aromatic carbocycles. The Morgan fingerprint density at radius 2 is 2.22 bits per heavy atom. The van der Waals surface area contributed by atoms with Gasteiger partial charge in [0.1, 0.15) is 0 Å². The number of carbonyl (C=O) groups is 1. The fourth-order valence-electron chi connectivity index (χ4n) is 0.955. The normalized spacial score (nSPS) is 36.9. The Morgan fingerprint density at radius 3 is 2.56 bits per heavy atom. The second-order valence-electron chi connectivity index (χ2n) is 2.33. The van der Waals surface area contributed by atoms with Crippen LogP contribution in [0.5, 0.6) is 0 Å². The maximum atomic E-state index is 10.9. The molecule has 0 N–H and O–H groups in total. The van der Waals surface area contributed by atoms with Crippen LogP contribution in [0.15, 0.2) is 0 Å². The van der Waals surface area contributed by atoms with E-state index in [0.717, 1.165) is 19.3 Å². The van der Waals surface area contributed by atoms with E-state index in [4.69, 9.17) is 11.6 Å². The molecule has 0 saturated heterocycles. The van der Waals surface area contributed by atoms with Gasteiger partial charge in [0.15, 0.2) is 9.57 Å². The zero-order valence-corrected chi connectivity index (χ0v) is 7.33. The fraction of sp³-hybridized carbons (Fsp3) is 0.833. The molecule has 1 aliphatic rings. The molecule has 0 bridgehead atoms. The van der Waals surface area contributed by atoms with Crippen LogP contribution in [0.1, 0.15) is 25.7 Å². The van der Waals surface area contributed by atoms with Crippen LogP contribution in [0.3, 0.4) is 0 Å². The van der Waals surface area contributed by atoms with Crippen molar-refractivity contribution in [1.82, 2.24) is 0 Å². The van der Waals surface area contributed by atoms with E-state index in [9.17, 15) is 4.79 Å². The number of rotatable bonds is 0. The molecule has 0 aromatic rings. The van der Waals surface area contributed by atoms with E-state index in [2.05, 4.69) is 15.9 Å². The third-order valence-corrected chi connectivity index (χ3v) is 2.79. The summed E-state index contributed by atoms with van der Waals surface area (Å²) in [4.78, 5) is 10.9. The van der Waals surface area contributed by atoms with Crippen molar-refractivity contribution in [2.45, 2.75) is 29.5 Å². The quantitative estimate of drug-likeness (QED) is 0.563. The molecule has 0 radical (unpaired) electrons. The summed E-state index contributed by atoms with van der Waals surface area (Å²) >= 11 is 8.96. The first-order chi connectivity index (χ1) is 4.13. The fourth-order valence-corrected chi connectivity index (χ4v) is 1.66. The minimum atomic E-state index is -0.717. The van der Waals surface area contributed by atoms with E-state index in [0.29, 0.717) is 6.42 Å². The highest BCUT2D eigenvalue weighted by Crippen LogP contribution is 2.36. The van der Waals surface area contributed by atoms with Crippen LogP contribution in [0, 0.1) is 0 Å². The second-order valence-corrected chi connectivity index (χ2v) is 4.79. The summed E-state index contributed by atoms with van der Waals surface area (Å²) in [6, 6.07) is 0. The minimum absolute atomic E-state index is 0.135. The van der Waals surface area contributed by atoms with Gasteiger partial charge >= 0.3 is 0 Å². The minimum Gasteiger partial charge on any atom is -0.297 e. The van der Waals surface area contributed by atoms with E-state index in [1.807, 2.05) is 0 Å².